The van der Waals surface area contributed by atoms with Crippen molar-refractivity contribution in [3.05, 3.63) is 35.8 Å². The molecule has 11 heteroatoms. The molecule has 0 radical (unpaired) electrons. The minimum absolute atomic E-state index is 0.0493. The second kappa shape index (κ2) is 5.96. The van der Waals surface area contributed by atoms with E-state index in [9.17, 15) is 18.4 Å². The number of alkyl halides is 2. The Morgan fingerprint density at radius 1 is 1.31 bits per heavy atom. The number of amides is 3. The van der Waals surface area contributed by atoms with Gasteiger partial charge < -0.3 is 19.7 Å². The third-order valence-electron chi connectivity index (χ3n) is 5.68. The number of aromatic nitrogens is 1. The van der Waals surface area contributed by atoms with Gasteiger partial charge in [0.2, 0.25) is 0 Å². The number of hydrazine groups is 1. The van der Waals surface area contributed by atoms with E-state index in [1.807, 2.05) is 29.0 Å². The van der Waals surface area contributed by atoms with E-state index < -0.39 is 18.4 Å². The van der Waals surface area contributed by atoms with Crippen LogP contribution >= 0.6 is 0 Å². The zero-order valence-corrected chi connectivity index (χ0v) is 16.0. The van der Waals surface area contributed by atoms with Crippen molar-refractivity contribution < 1.29 is 18.4 Å². The molecule has 1 aromatic heterocycles. The minimum atomic E-state index is -2.82. The molecule has 1 aromatic rings. The van der Waals surface area contributed by atoms with Crippen LogP contribution in [0.1, 0.15) is 16.9 Å². The summed E-state index contributed by atoms with van der Waals surface area (Å²) >= 11 is 0. The van der Waals surface area contributed by atoms with Crippen molar-refractivity contribution >= 4 is 23.4 Å². The lowest BCUT2D eigenvalue weighted by molar-refractivity contribution is 0.0119. The molecule has 1 atom stereocenters. The van der Waals surface area contributed by atoms with E-state index in [-0.39, 0.29) is 25.2 Å². The van der Waals surface area contributed by atoms with Gasteiger partial charge in [-0.2, -0.15) is 0 Å². The SMILES string of the molecule is CN1NC2C=C(N3CN(C)c4cc(C(=O)N5CCC(F)(F)C5)[nH]c43)C=CN2C1=O. The Kier molecular flexibility index (Phi) is 3.69. The fourth-order valence-corrected chi connectivity index (χ4v) is 4.13. The van der Waals surface area contributed by atoms with Gasteiger partial charge in [0.1, 0.15) is 17.7 Å². The van der Waals surface area contributed by atoms with Crippen LogP contribution in [-0.4, -0.2) is 77.7 Å². The molecular weight excluding hydrogens is 384 g/mol. The molecule has 4 aliphatic heterocycles. The van der Waals surface area contributed by atoms with E-state index in [4.69, 9.17) is 0 Å². The van der Waals surface area contributed by atoms with Crippen LogP contribution in [0.15, 0.2) is 30.1 Å². The molecule has 2 fully saturated rings. The van der Waals surface area contributed by atoms with Crippen molar-refractivity contribution in [1.82, 2.24) is 25.2 Å². The summed E-state index contributed by atoms with van der Waals surface area (Å²) in [6.45, 7) is 0.0610. The van der Waals surface area contributed by atoms with Crippen LogP contribution in [0.4, 0.5) is 25.1 Å². The van der Waals surface area contributed by atoms with Gasteiger partial charge >= 0.3 is 6.03 Å². The number of anilines is 2. The van der Waals surface area contributed by atoms with Gasteiger partial charge in [0.25, 0.3) is 11.8 Å². The van der Waals surface area contributed by atoms with E-state index in [1.54, 1.807) is 24.2 Å². The van der Waals surface area contributed by atoms with Gasteiger partial charge in [-0.25, -0.2) is 19.0 Å². The zero-order valence-electron chi connectivity index (χ0n) is 16.0. The second-order valence-corrected chi connectivity index (χ2v) is 7.75. The Balaban J connectivity index is 1.40. The maximum Gasteiger partial charge on any atom is 0.339 e. The second-order valence-electron chi connectivity index (χ2n) is 7.75. The lowest BCUT2D eigenvalue weighted by atomic mass is 10.2. The molecule has 9 nitrogen and oxygen atoms in total. The number of fused-ring (bicyclic) bond motifs is 2. The predicted molar refractivity (Wildman–Crippen MR) is 101 cm³/mol. The first-order valence-corrected chi connectivity index (χ1v) is 9.34. The monoisotopic (exact) mass is 405 g/mol. The van der Waals surface area contributed by atoms with Crippen LogP contribution in [0.25, 0.3) is 0 Å². The van der Waals surface area contributed by atoms with Crippen LogP contribution in [0.3, 0.4) is 0 Å². The summed E-state index contributed by atoms with van der Waals surface area (Å²) in [6.07, 6.45) is 4.89. The molecule has 2 N–H and O–H groups in total. The van der Waals surface area contributed by atoms with E-state index >= 15 is 0 Å². The zero-order chi connectivity index (χ0) is 20.5. The van der Waals surface area contributed by atoms with Crippen LogP contribution < -0.4 is 15.2 Å². The maximum absolute atomic E-state index is 13.5. The molecule has 29 heavy (non-hydrogen) atoms. The molecular formula is C18H21F2N7O2. The third kappa shape index (κ3) is 2.76. The van der Waals surface area contributed by atoms with Crippen molar-refractivity contribution in [3.8, 4) is 0 Å². The number of hydrogen-bond donors (Lipinski definition) is 2. The van der Waals surface area contributed by atoms with Gasteiger partial charge in [-0.15, -0.1) is 0 Å². The average Bonchev–Trinajstić information content (AvgIpc) is 3.40. The quantitative estimate of drug-likeness (QED) is 0.776. The molecule has 0 aliphatic carbocycles. The average molecular weight is 405 g/mol. The molecule has 5 rings (SSSR count). The Hall–Kier alpha value is -3.08. The first kappa shape index (κ1) is 18.0. The number of carbonyl (C=O) groups is 2. The molecule has 2 saturated heterocycles. The topological polar surface area (TPSA) is 78.2 Å². The number of nitrogens with zero attached hydrogens (tertiary/aromatic N) is 5. The molecule has 0 spiro atoms. The lowest BCUT2D eigenvalue weighted by Gasteiger charge is -2.27. The molecule has 5 heterocycles. The standard InChI is InChI=1S/C18H21F2N7O2/c1-23-10-27(11-3-5-26-14(7-11)22-24(2)17(26)29)15-13(23)8-12(21-15)16(28)25-6-4-18(19,20)9-25/h3,5,7-8,14,21-22H,4,6,9-10H2,1-2H3. The van der Waals surface area contributed by atoms with E-state index in [1.165, 1.54) is 9.91 Å². The fraction of sp³-hybridized carbons (Fsp3) is 0.444. The summed E-state index contributed by atoms with van der Waals surface area (Å²) in [4.78, 5) is 34.6. The van der Waals surface area contributed by atoms with Crippen LogP contribution in [-0.2, 0) is 0 Å². The normalized spacial score (nSPS) is 25.1. The van der Waals surface area contributed by atoms with Crippen LogP contribution in [0.5, 0.6) is 0 Å². The number of H-pyrrole nitrogens is 1. The lowest BCUT2D eigenvalue weighted by Crippen LogP contribution is -2.37. The van der Waals surface area contributed by atoms with Crippen molar-refractivity contribution in [2.45, 2.75) is 18.5 Å². The molecule has 0 saturated carbocycles. The van der Waals surface area contributed by atoms with Crippen LogP contribution in [0, 0.1) is 0 Å². The third-order valence-corrected chi connectivity index (χ3v) is 5.68. The number of hydrogen-bond acceptors (Lipinski definition) is 5. The first-order chi connectivity index (χ1) is 13.7. The highest BCUT2D eigenvalue weighted by Crippen LogP contribution is 2.39. The summed E-state index contributed by atoms with van der Waals surface area (Å²) in [5.41, 5.74) is 5.04. The number of allylic oxidation sites excluding steroid dienone is 1. The fourth-order valence-electron chi connectivity index (χ4n) is 4.13. The maximum atomic E-state index is 13.5. The number of rotatable bonds is 2. The molecule has 0 bridgehead atoms. The Morgan fingerprint density at radius 2 is 2.10 bits per heavy atom. The largest absolute Gasteiger partial charge is 0.354 e. The summed E-state index contributed by atoms with van der Waals surface area (Å²) in [7, 11) is 3.56. The molecule has 3 amide bonds. The van der Waals surface area contributed by atoms with Gasteiger partial charge in [0, 0.05) is 39.0 Å². The summed E-state index contributed by atoms with van der Waals surface area (Å²) < 4.78 is 27.0. The van der Waals surface area contributed by atoms with E-state index in [2.05, 4.69) is 10.4 Å². The van der Waals surface area contributed by atoms with Gasteiger partial charge in [-0.05, 0) is 18.2 Å². The van der Waals surface area contributed by atoms with Crippen molar-refractivity contribution in [3.63, 3.8) is 0 Å². The van der Waals surface area contributed by atoms with E-state index in [0.29, 0.717) is 12.4 Å². The number of likely N-dealkylation sites (tertiary alicyclic amines) is 1. The van der Waals surface area contributed by atoms with Crippen molar-refractivity contribution in [2.24, 2.45) is 0 Å². The van der Waals surface area contributed by atoms with Gasteiger partial charge in [-0.3, -0.25) is 14.7 Å². The summed E-state index contributed by atoms with van der Waals surface area (Å²) in [5, 5.41) is 1.42. The summed E-state index contributed by atoms with van der Waals surface area (Å²) in [5.74, 6) is -2.52. The Labute approximate surface area is 165 Å². The molecule has 1 unspecified atom stereocenters. The molecule has 4 aliphatic rings. The van der Waals surface area contributed by atoms with Crippen LogP contribution in [0.2, 0.25) is 0 Å². The highest BCUT2D eigenvalue weighted by atomic mass is 19.3. The highest BCUT2D eigenvalue weighted by molar-refractivity contribution is 5.96. The summed E-state index contributed by atoms with van der Waals surface area (Å²) in [6, 6.07) is 1.56. The smallest absolute Gasteiger partial charge is 0.339 e. The van der Waals surface area contributed by atoms with Gasteiger partial charge in [0.05, 0.1) is 18.9 Å². The first-order valence-electron chi connectivity index (χ1n) is 9.34. The number of halogens is 2. The Morgan fingerprint density at radius 3 is 2.83 bits per heavy atom. The number of nitrogens with one attached hydrogen (secondary N) is 2. The van der Waals surface area contributed by atoms with Crippen molar-refractivity contribution in [1.29, 1.82) is 0 Å². The van der Waals surface area contributed by atoms with Gasteiger partial charge in [-0.1, -0.05) is 0 Å². The van der Waals surface area contributed by atoms with Crippen molar-refractivity contribution in [2.75, 3.05) is 43.7 Å². The highest BCUT2D eigenvalue weighted by Gasteiger charge is 2.42. The number of aromatic amines is 1. The molecule has 154 valence electrons. The minimum Gasteiger partial charge on any atom is -0.354 e. The number of carbonyl (C=O) groups excluding carboxylic acids is 2. The predicted octanol–water partition coefficient (Wildman–Crippen LogP) is 1.32. The van der Waals surface area contributed by atoms with E-state index in [0.717, 1.165) is 17.2 Å². The Bertz CT molecular complexity index is 956. The molecule has 0 aromatic carbocycles. The van der Waals surface area contributed by atoms with Gasteiger partial charge in [0.15, 0.2) is 0 Å². The number of urea groups is 1.